The Morgan fingerprint density at radius 3 is 2.56 bits per heavy atom. The van der Waals surface area contributed by atoms with Crippen LogP contribution in [0.4, 0.5) is 15.2 Å². The van der Waals surface area contributed by atoms with Gasteiger partial charge in [-0.15, -0.1) is 10.2 Å². The number of carbonyl (C=O) groups is 1. The Balaban J connectivity index is 1.33. The Labute approximate surface area is 213 Å². The molecule has 0 bridgehead atoms. The van der Waals surface area contributed by atoms with Crippen LogP contribution in [0, 0.1) is 5.82 Å². The van der Waals surface area contributed by atoms with E-state index in [1.54, 1.807) is 21.5 Å². The molecule has 6 rings (SSSR count). The van der Waals surface area contributed by atoms with Gasteiger partial charge in [-0.25, -0.2) is 9.37 Å². The predicted molar refractivity (Wildman–Crippen MR) is 139 cm³/mol. The van der Waals surface area contributed by atoms with Gasteiger partial charge in [-0.1, -0.05) is 29.5 Å². The zero-order valence-corrected chi connectivity index (χ0v) is 20.5. The second-order valence-corrected chi connectivity index (χ2v) is 9.95. The monoisotopic (exact) mass is 512 g/mol. The van der Waals surface area contributed by atoms with Crippen LogP contribution < -0.4 is 4.90 Å². The predicted octanol–water partition coefficient (Wildman–Crippen LogP) is 6.38. The molecule has 0 fully saturated rings. The summed E-state index contributed by atoms with van der Waals surface area (Å²) in [6, 6.07) is 25.3. The Hall–Kier alpha value is -4.15. The summed E-state index contributed by atoms with van der Waals surface area (Å²) >= 11 is 2.88. The fourth-order valence-corrected chi connectivity index (χ4v) is 5.74. The normalized spacial score (nSPS) is 11.3. The third-order valence-corrected chi connectivity index (χ3v) is 7.38. The molecule has 1 amide bonds. The van der Waals surface area contributed by atoms with Crippen LogP contribution in [0.2, 0.25) is 0 Å². The highest BCUT2D eigenvalue weighted by molar-refractivity contribution is 7.99. The number of amides is 1. The van der Waals surface area contributed by atoms with Crippen LogP contribution in [-0.2, 0) is 4.79 Å². The molecule has 10 heteroatoms. The maximum Gasteiger partial charge on any atom is 0.230 e. The van der Waals surface area contributed by atoms with Gasteiger partial charge in [0.15, 0.2) is 10.8 Å². The maximum atomic E-state index is 13.3. The lowest BCUT2D eigenvalue weighted by Gasteiger charge is -2.17. The Morgan fingerprint density at radius 2 is 1.78 bits per heavy atom. The van der Waals surface area contributed by atoms with Crippen LogP contribution >= 0.6 is 23.1 Å². The van der Waals surface area contributed by atoms with Crippen molar-refractivity contribution in [2.75, 3.05) is 4.90 Å². The maximum absolute atomic E-state index is 13.3. The third kappa shape index (κ3) is 4.21. The average Bonchev–Trinajstić information content (AvgIpc) is 3.48. The van der Waals surface area contributed by atoms with Gasteiger partial charge in [0.1, 0.15) is 5.82 Å². The minimum Gasteiger partial charge on any atom is -0.274 e. The van der Waals surface area contributed by atoms with E-state index < -0.39 is 0 Å². The largest absolute Gasteiger partial charge is 0.274 e. The molecule has 0 radical (unpaired) electrons. The summed E-state index contributed by atoms with van der Waals surface area (Å²) in [7, 11) is 0. The van der Waals surface area contributed by atoms with E-state index in [2.05, 4.69) is 15.3 Å². The molecular weight excluding hydrogens is 495 g/mol. The molecule has 36 heavy (non-hydrogen) atoms. The quantitative estimate of drug-likeness (QED) is 0.267. The van der Waals surface area contributed by atoms with Crippen molar-refractivity contribution in [3.8, 4) is 11.3 Å². The number of fused-ring (bicyclic) bond motifs is 2. The Bertz CT molecular complexity index is 1720. The van der Waals surface area contributed by atoms with Gasteiger partial charge in [-0.3, -0.25) is 9.69 Å². The van der Waals surface area contributed by atoms with Crippen LogP contribution in [0.25, 0.3) is 27.1 Å². The van der Waals surface area contributed by atoms with Crippen LogP contribution in [-0.4, -0.2) is 30.7 Å². The number of nitrogens with zero attached hydrogens (tertiary/aromatic N) is 6. The minimum atomic E-state index is -0.294. The first-order chi connectivity index (χ1) is 17.5. The molecular formula is C26H17FN6OS2. The molecule has 0 aliphatic carbocycles. The summed E-state index contributed by atoms with van der Waals surface area (Å²) < 4.78 is 16.0. The second-order valence-electron chi connectivity index (χ2n) is 7.90. The van der Waals surface area contributed by atoms with Crippen molar-refractivity contribution in [3.05, 3.63) is 90.7 Å². The first-order valence-corrected chi connectivity index (χ1v) is 12.6. The van der Waals surface area contributed by atoms with Crippen molar-refractivity contribution in [3.63, 3.8) is 0 Å². The standard InChI is InChI=1S/C26H17FN6OS2/c1-16(34)32(19-5-3-2-4-6-19)25-28-22-12-11-20(15-23(22)36-25)35-26-30-29-24-14-13-21(31-33(24)26)17-7-9-18(27)10-8-17/h2-15H,1H3. The number of aromatic nitrogens is 5. The third-order valence-electron chi connectivity index (χ3n) is 5.45. The second kappa shape index (κ2) is 9.14. The number of rotatable bonds is 5. The van der Waals surface area contributed by atoms with Crippen molar-refractivity contribution in [2.45, 2.75) is 17.0 Å². The van der Waals surface area contributed by atoms with Crippen LogP contribution in [0.3, 0.4) is 0 Å². The zero-order chi connectivity index (χ0) is 24.6. The van der Waals surface area contributed by atoms with E-state index in [0.717, 1.165) is 26.4 Å². The van der Waals surface area contributed by atoms with E-state index in [1.165, 1.54) is 42.2 Å². The van der Waals surface area contributed by atoms with E-state index in [4.69, 9.17) is 4.98 Å². The smallest absolute Gasteiger partial charge is 0.230 e. The molecule has 0 unspecified atom stereocenters. The van der Waals surface area contributed by atoms with Gasteiger partial charge < -0.3 is 0 Å². The molecule has 0 saturated carbocycles. The van der Waals surface area contributed by atoms with Gasteiger partial charge in [0.05, 0.1) is 21.6 Å². The SMILES string of the molecule is CC(=O)N(c1ccccc1)c1nc2ccc(Sc3nnc4ccc(-c5ccc(F)cc5)nn34)cc2s1. The number of benzene rings is 3. The van der Waals surface area contributed by atoms with E-state index in [-0.39, 0.29) is 11.7 Å². The molecule has 0 aliphatic rings. The van der Waals surface area contributed by atoms with Crippen molar-refractivity contribution < 1.29 is 9.18 Å². The van der Waals surface area contributed by atoms with E-state index in [1.807, 2.05) is 60.7 Å². The minimum absolute atomic E-state index is 0.104. The lowest BCUT2D eigenvalue weighted by Crippen LogP contribution is -2.22. The summed E-state index contributed by atoms with van der Waals surface area (Å²) in [5.74, 6) is -0.398. The summed E-state index contributed by atoms with van der Waals surface area (Å²) in [5, 5.41) is 14.4. The Kier molecular flexibility index (Phi) is 5.67. The van der Waals surface area contributed by atoms with Crippen LogP contribution in [0.5, 0.6) is 0 Å². The van der Waals surface area contributed by atoms with E-state index in [0.29, 0.717) is 21.6 Å². The molecule has 0 saturated heterocycles. The topological polar surface area (TPSA) is 76.3 Å². The summed E-state index contributed by atoms with van der Waals surface area (Å²) in [5.41, 5.74) is 3.69. The Morgan fingerprint density at radius 1 is 0.972 bits per heavy atom. The van der Waals surface area contributed by atoms with E-state index in [9.17, 15) is 9.18 Å². The molecule has 3 aromatic carbocycles. The molecule has 0 aliphatic heterocycles. The lowest BCUT2D eigenvalue weighted by molar-refractivity contribution is -0.115. The highest BCUT2D eigenvalue weighted by Gasteiger charge is 2.19. The van der Waals surface area contributed by atoms with E-state index >= 15 is 0 Å². The fourth-order valence-electron chi connectivity index (χ4n) is 3.77. The number of hydrogen-bond donors (Lipinski definition) is 0. The molecule has 0 spiro atoms. The van der Waals surface area contributed by atoms with Gasteiger partial charge in [0.25, 0.3) is 0 Å². The summed E-state index contributed by atoms with van der Waals surface area (Å²) in [6.45, 7) is 1.53. The van der Waals surface area contributed by atoms with Crippen molar-refractivity contribution in [1.82, 2.24) is 24.8 Å². The van der Waals surface area contributed by atoms with Gasteiger partial charge in [-0.05, 0) is 78.5 Å². The number of carbonyl (C=O) groups excluding carboxylic acids is 1. The van der Waals surface area contributed by atoms with Gasteiger partial charge in [-0.2, -0.15) is 9.61 Å². The van der Waals surface area contributed by atoms with Crippen molar-refractivity contribution in [2.24, 2.45) is 0 Å². The summed E-state index contributed by atoms with van der Waals surface area (Å²) in [6.07, 6.45) is 0. The molecule has 3 aromatic heterocycles. The number of para-hydroxylation sites is 1. The molecule has 3 heterocycles. The van der Waals surface area contributed by atoms with Crippen LogP contribution in [0.15, 0.2) is 95.0 Å². The average molecular weight is 513 g/mol. The van der Waals surface area contributed by atoms with Gasteiger partial charge in [0, 0.05) is 17.4 Å². The fraction of sp³-hybridized carbons (Fsp3) is 0.0385. The molecule has 0 atom stereocenters. The van der Waals surface area contributed by atoms with Crippen LogP contribution in [0.1, 0.15) is 6.92 Å². The van der Waals surface area contributed by atoms with Crippen molar-refractivity contribution in [1.29, 1.82) is 0 Å². The first-order valence-electron chi connectivity index (χ1n) is 11.0. The summed E-state index contributed by atoms with van der Waals surface area (Å²) in [4.78, 5) is 19.7. The number of halogens is 1. The van der Waals surface area contributed by atoms with Gasteiger partial charge >= 0.3 is 0 Å². The highest BCUT2D eigenvalue weighted by Crippen LogP contribution is 2.36. The number of thiazole rings is 1. The molecule has 6 aromatic rings. The molecule has 0 N–H and O–H groups in total. The molecule has 7 nitrogen and oxygen atoms in total. The highest BCUT2D eigenvalue weighted by atomic mass is 32.2. The number of hydrogen-bond acceptors (Lipinski definition) is 7. The zero-order valence-electron chi connectivity index (χ0n) is 18.9. The lowest BCUT2D eigenvalue weighted by atomic mass is 10.1. The van der Waals surface area contributed by atoms with Crippen molar-refractivity contribution >= 4 is 55.7 Å². The van der Waals surface area contributed by atoms with Gasteiger partial charge in [0.2, 0.25) is 11.1 Å². The first kappa shape index (κ1) is 22.3. The molecule has 176 valence electrons. The number of anilines is 2.